The zero-order chi connectivity index (χ0) is 16.7. The SMILES string of the molecule is COc1ccccc1OCC(=O)Nc1ccc(OC(C)C)cc1. The predicted molar refractivity (Wildman–Crippen MR) is 89.3 cm³/mol. The van der Waals surface area contributed by atoms with Crippen LogP contribution in [0.2, 0.25) is 0 Å². The number of hydrogen-bond acceptors (Lipinski definition) is 4. The Kier molecular flexibility index (Phi) is 5.86. The third-order valence-corrected chi connectivity index (χ3v) is 2.94. The second-order valence-corrected chi connectivity index (χ2v) is 5.18. The third kappa shape index (κ3) is 5.21. The summed E-state index contributed by atoms with van der Waals surface area (Å²) in [6, 6.07) is 14.4. The molecule has 0 aromatic heterocycles. The molecule has 2 rings (SSSR count). The van der Waals surface area contributed by atoms with E-state index in [4.69, 9.17) is 14.2 Å². The van der Waals surface area contributed by atoms with Gasteiger partial charge in [0.15, 0.2) is 18.1 Å². The molecule has 1 N–H and O–H groups in total. The number of para-hydroxylation sites is 2. The number of rotatable bonds is 7. The van der Waals surface area contributed by atoms with E-state index in [1.807, 2.05) is 38.1 Å². The molecular weight excluding hydrogens is 294 g/mol. The van der Waals surface area contributed by atoms with E-state index in [1.165, 1.54) is 0 Å². The van der Waals surface area contributed by atoms with Gasteiger partial charge in [-0.2, -0.15) is 0 Å². The van der Waals surface area contributed by atoms with Crippen LogP contribution in [-0.4, -0.2) is 25.7 Å². The molecule has 0 aliphatic heterocycles. The van der Waals surface area contributed by atoms with Crippen LogP contribution >= 0.6 is 0 Å². The molecule has 2 aromatic carbocycles. The van der Waals surface area contributed by atoms with E-state index in [2.05, 4.69) is 5.32 Å². The first-order valence-corrected chi connectivity index (χ1v) is 7.41. The summed E-state index contributed by atoms with van der Waals surface area (Å²) in [5.41, 5.74) is 0.690. The predicted octanol–water partition coefficient (Wildman–Crippen LogP) is 3.50. The average molecular weight is 315 g/mol. The molecule has 2 aromatic rings. The van der Waals surface area contributed by atoms with Crippen LogP contribution in [-0.2, 0) is 4.79 Å². The van der Waals surface area contributed by atoms with Gasteiger partial charge in [0, 0.05) is 5.69 Å². The molecule has 5 heteroatoms. The summed E-state index contributed by atoms with van der Waals surface area (Å²) < 4.78 is 16.2. The zero-order valence-corrected chi connectivity index (χ0v) is 13.5. The van der Waals surface area contributed by atoms with Crippen LogP contribution < -0.4 is 19.5 Å². The number of ether oxygens (including phenoxy) is 3. The van der Waals surface area contributed by atoms with Crippen molar-refractivity contribution in [1.29, 1.82) is 0 Å². The van der Waals surface area contributed by atoms with Gasteiger partial charge in [-0.3, -0.25) is 4.79 Å². The summed E-state index contributed by atoms with van der Waals surface area (Å²) >= 11 is 0. The Morgan fingerprint density at radius 1 is 1.04 bits per heavy atom. The van der Waals surface area contributed by atoms with Crippen molar-refractivity contribution in [2.24, 2.45) is 0 Å². The highest BCUT2D eigenvalue weighted by Crippen LogP contribution is 2.25. The molecule has 122 valence electrons. The van der Waals surface area contributed by atoms with Crippen LogP contribution in [0.25, 0.3) is 0 Å². The van der Waals surface area contributed by atoms with Gasteiger partial charge < -0.3 is 19.5 Å². The van der Waals surface area contributed by atoms with Crippen LogP contribution in [0.3, 0.4) is 0 Å². The molecular formula is C18H21NO4. The molecule has 0 saturated heterocycles. The van der Waals surface area contributed by atoms with Gasteiger partial charge in [-0.05, 0) is 50.2 Å². The zero-order valence-electron chi connectivity index (χ0n) is 13.5. The highest BCUT2D eigenvalue weighted by molar-refractivity contribution is 5.91. The Bertz CT molecular complexity index is 638. The van der Waals surface area contributed by atoms with Crippen molar-refractivity contribution in [2.75, 3.05) is 19.0 Å². The van der Waals surface area contributed by atoms with Crippen molar-refractivity contribution in [3.8, 4) is 17.2 Å². The normalized spacial score (nSPS) is 10.3. The molecule has 0 radical (unpaired) electrons. The summed E-state index contributed by atoms with van der Waals surface area (Å²) in [5, 5.41) is 2.77. The molecule has 23 heavy (non-hydrogen) atoms. The van der Waals surface area contributed by atoms with Gasteiger partial charge in [0.05, 0.1) is 13.2 Å². The number of carbonyl (C=O) groups excluding carboxylic acids is 1. The van der Waals surface area contributed by atoms with Gasteiger partial charge in [0.25, 0.3) is 5.91 Å². The number of amides is 1. The number of anilines is 1. The van der Waals surface area contributed by atoms with E-state index in [1.54, 1.807) is 31.4 Å². The molecule has 0 fully saturated rings. The van der Waals surface area contributed by atoms with Crippen molar-refractivity contribution in [3.63, 3.8) is 0 Å². The smallest absolute Gasteiger partial charge is 0.262 e. The van der Waals surface area contributed by atoms with Crippen molar-refractivity contribution in [1.82, 2.24) is 0 Å². The maximum absolute atomic E-state index is 11.9. The molecule has 0 aliphatic rings. The van der Waals surface area contributed by atoms with Crippen molar-refractivity contribution >= 4 is 11.6 Å². The summed E-state index contributed by atoms with van der Waals surface area (Å²) in [7, 11) is 1.56. The Morgan fingerprint density at radius 3 is 2.30 bits per heavy atom. The number of carbonyl (C=O) groups is 1. The Morgan fingerprint density at radius 2 is 1.70 bits per heavy atom. The number of benzene rings is 2. The van der Waals surface area contributed by atoms with Crippen molar-refractivity contribution in [3.05, 3.63) is 48.5 Å². The molecule has 0 aliphatic carbocycles. The lowest BCUT2D eigenvalue weighted by Gasteiger charge is -2.12. The van der Waals surface area contributed by atoms with E-state index < -0.39 is 0 Å². The van der Waals surface area contributed by atoms with E-state index in [9.17, 15) is 4.79 Å². The summed E-state index contributed by atoms with van der Waals surface area (Å²) in [5.74, 6) is 1.65. The molecule has 0 atom stereocenters. The van der Waals surface area contributed by atoms with E-state index in [0.717, 1.165) is 5.75 Å². The van der Waals surface area contributed by atoms with Gasteiger partial charge in [-0.15, -0.1) is 0 Å². The van der Waals surface area contributed by atoms with E-state index >= 15 is 0 Å². The van der Waals surface area contributed by atoms with E-state index in [0.29, 0.717) is 17.2 Å². The minimum atomic E-state index is -0.242. The quantitative estimate of drug-likeness (QED) is 0.849. The summed E-state index contributed by atoms with van der Waals surface area (Å²) in [4.78, 5) is 11.9. The number of nitrogens with one attached hydrogen (secondary N) is 1. The molecule has 0 unspecified atom stereocenters. The Balaban J connectivity index is 1.87. The van der Waals surface area contributed by atoms with Crippen LogP contribution in [0.15, 0.2) is 48.5 Å². The highest BCUT2D eigenvalue weighted by atomic mass is 16.5. The molecule has 0 spiro atoms. The lowest BCUT2D eigenvalue weighted by molar-refractivity contribution is -0.118. The first-order valence-electron chi connectivity index (χ1n) is 7.41. The second kappa shape index (κ2) is 8.08. The third-order valence-electron chi connectivity index (χ3n) is 2.94. The molecule has 0 bridgehead atoms. The summed E-state index contributed by atoms with van der Waals surface area (Å²) in [6.45, 7) is 3.83. The Labute approximate surface area is 136 Å². The molecule has 0 heterocycles. The standard InChI is InChI=1S/C18H21NO4/c1-13(2)23-15-10-8-14(9-11-15)19-18(20)12-22-17-7-5-4-6-16(17)21-3/h4-11,13H,12H2,1-3H3,(H,19,20). The van der Waals surface area contributed by atoms with E-state index in [-0.39, 0.29) is 18.6 Å². The fourth-order valence-corrected chi connectivity index (χ4v) is 1.97. The highest BCUT2D eigenvalue weighted by Gasteiger charge is 2.07. The monoisotopic (exact) mass is 315 g/mol. The minimum absolute atomic E-state index is 0.0926. The van der Waals surface area contributed by atoms with Crippen molar-refractivity contribution in [2.45, 2.75) is 20.0 Å². The maximum Gasteiger partial charge on any atom is 0.262 e. The van der Waals surface area contributed by atoms with Crippen molar-refractivity contribution < 1.29 is 19.0 Å². The first-order chi connectivity index (χ1) is 11.1. The summed E-state index contributed by atoms with van der Waals surface area (Å²) in [6.07, 6.45) is 0.115. The van der Waals surface area contributed by atoms with Gasteiger partial charge in [0.2, 0.25) is 0 Å². The maximum atomic E-state index is 11.9. The second-order valence-electron chi connectivity index (χ2n) is 5.18. The van der Waals surface area contributed by atoms with Gasteiger partial charge in [-0.25, -0.2) is 0 Å². The molecule has 1 amide bonds. The lowest BCUT2D eigenvalue weighted by Crippen LogP contribution is -2.20. The molecule has 0 saturated carbocycles. The van der Waals surface area contributed by atoms with Crippen LogP contribution in [0.1, 0.15) is 13.8 Å². The van der Waals surface area contributed by atoms with Gasteiger partial charge in [0.1, 0.15) is 5.75 Å². The van der Waals surface area contributed by atoms with Crippen LogP contribution in [0.4, 0.5) is 5.69 Å². The minimum Gasteiger partial charge on any atom is -0.493 e. The van der Waals surface area contributed by atoms with Crippen LogP contribution in [0.5, 0.6) is 17.2 Å². The number of hydrogen-bond donors (Lipinski definition) is 1. The van der Waals surface area contributed by atoms with Crippen LogP contribution in [0, 0.1) is 0 Å². The number of methoxy groups -OCH3 is 1. The van der Waals surface area contributed by atoms with Gasteiger partial charge >= 0.3 is 0 Å². The first kappa shape index (κ1) is 16.7. The van der Waals surface area contributed by atoms with Gasteiger partial charge in [-0.1, -0.05) is 12.1 Å². The fourth-order valence-electron chi connectivity index (χ4n) is 1.97. The average Bonchev–Trinajstić information content (AvgIpc) is 2.54. The largest absolute Gasteiger partial charge is 0.493 e. The fraction of sp³-hybridized carbons (Fsp3) is 0.278. The molecule has 5 nitrogen and oxygen atoms in total. The lowest BCUT2D eigenvalue weighted by atomic mass is 10.3. The Hall–Kier alpha value is -2.69. The topological polar surface area (TPSA) is 56.8 Å².